The average Bonchev–Trinajstić information content (AvgIpc) is 2.54. The van der Waals surface area contributed by atoms with E-state index in [9.17, 15) is 18.0 Å². The molecule has 0 aromatic heterocycles. The standard InChI is InChI=1S/C16H14ClNO6S/c17-12-5-1-10(2-6-12)11-3-7-13(8-4-11)25(23,24)18-14(16(21)22)9-15(19)20/h1-8,14,18H,9H2,(H,19,20)(H,21,22). The molecule has 0 saturated carbocycles. The Bertz CT molecular complexity index is 878. The Labute approximate surface area is 148 Å². The molecular formula is C16H14ClNO6S. The van der Waals surface area contributed by atoms with Crippen molar-refractivity contribution in [2.45, 2.75) is 17.4 Å². The van der Waals surface area contributed by atoms with Crippen molar-refractivity contribution in [3.8, 4) is 11.1 Å². The molecular weight excluding hydrogens is 370 g/mol. The van der Waals surface area contributed by atoms with Gasteiger partial charge in [-0.25, -0.2) is 8.42 Å². The number of halogens is 1. The van der Waals surface area contributed by atoms with Crippen LogP contribution < -0.4 is 4.72 Å². The highest BCUT2D eigenvalue weighted by Gasteiger charge is 2.27. The summed E-state index contributed by atoms with van der Waals surface area (Å²) >= 11 is 5.82. The van der Waals surface area contributed by atoms with Gasteiger partial charge in [0.25, 0.3) is 0 Å². The molecule has 7 nitrogen and oxygen atoms in total. The maximum atomic E-state index is 12.2. The van der Waals surface area contributed by atoms with Gasteiger partial charge in [0, 0.05) is 5.02 Å². The summed E-state index contributed by atoms with van der Waals surface area (Å²) in [5.74, 6) is -2.99. The molecule has 2 aromatic rings. The third kappa shape index (κ3) is 5.02. The van der Waals surface area contributed by atoms with Gasteiger partial charge in [-0.2, -0.15) is 4.72 Å². The highest BCUT2D eigenvalue weighted by Crippen LogP contribution is 2.23. The molecule has 0 aliphatic rings. The second-order valence-corrected chi connectivity index (χ2v) is 7.29. The summed E-state index contributed by atoms with van der Waals surface area (Å²) in [6.45, 7) is 0. The van der Waals surface area contributed by atoms with Crippen LogP contribution >= 0.6 is 11.6 Å². The highest BCUT2D eigenvalue weighted by atomic mass is 35.5. The molecule has 0 fully saturated rings. The fraction of sp³-hybridized carbons (Fsp3) is 0.125. The maximum Gasteiger partial charge on any atom is 0.322 e. The van der Waals surface area contributed by atoms with Crippen LogP contribution in [0.4, 0.5) is 0 Å². The molecule has 132 valence electrons. The first-order valence-corrected chi connectivity index (χ1v) is 8.88. The second kappa shape index (κ2) is 7.64. The number of hydrogen-bond acceptors (Lipinski definition) is 4. The smallest absolute Gasteiger partial charge is 0.322 e. The molecule has 0 aliphatic heterocycles. The van der Waals surface area contributed by atoms with Crippen molar-refractivity contribution in [3.63, 3.8) is 0 Å². The molecule has 0 spiro atoms. The van der Waals surface area contributed by atoms with Gasteiger partial charge in [0.05, 0.1) is 11.3 Å². The predicted octanol–water partition coefficient (Wildman–Crippen LogP) is 2.21. The Morgan fingerprint density at radius 3 is 1.88 bits per heavy atom. The quantitative estimate of drug-likeness (QED) is 0.674. The lowest BCUT2D eigenvalue weighted by atomic mass is 10.1. The predicted molar refractivity (Wildman–Crippen MR) is 90.9 cm³/mol. The summed E-state index contributed by atoms with van der Waals surface area (Å²) in [6.07, 6.45) is -0.864. The summed E-state index contributed by atoms with van der Waals surface area (Å²) in [5, 5.41) is 18.2. The Morgan fingerprint density at radius 1 is 0.960 bits per heavy atom. The Morgan fingerprint density at radius 2 is 1.44 bits per heavy atom. The van der Waals surface area contributed by atoms with Crippen LogP contribution in [0, 0.1) is 0 Å². The first-order valence-electron chi connectivity index (χ1n) is 7.02. The van der Waals surface area contributed by atoms with Crippen molar-refractivity contribution in [2.24, 2.45) is 0 Å². The van der Waals surface area contributed by atoms with Gasteiger partial charge in [-0.15, -0.1) is 0 Å². The van der Waals surface area contributed by atoms with E-state index >= 15 is 0 Å². The lowest BCUT2D eigenvalue weighted by Crippen LogP contribution is -2.42. The monoisotopic (exact) mass is 383 g/mol. The third-order valence-electron chi connectivity index (χ3n) is 3.32. The van der Waals surface area contributed by atoms with E-state index in [0.29, 0.717) is 5.02 Å². The van der Waals surface area contributed by atoms with E-state index in [1.54, 1.807) is 36.4 Å². The van der Waals surface area contributed by atoms with Crippen LogP contribution in [-0.4, -0.2) is 36.6 Å². The molecule has 25 heavy (non-hydrogen) atoms. The summed E-state index contributed by atoms with van der Waals surface area (Å²) in [4.78, 5) is 21.5. The number of aliphatic carboxylic acids is 2. The number of carbonyl (C=O) groups is 2. The molecule has 2 rings (SSSR count). The molecule has 0 aliphatic carbocycles. The number of nitrogens with one attached hydrogen (secondary N) is 1. The minimum atomic E-state index is -4.17. The van der Waals surface area contributed by atoms with E-state index in [-0.39, 0.29) is 4.90 Å². The van der Waals surface area contributed by atoms with E-state index in [4.69, 9.17) is 21.8 Å². The third-order valence-corrected chi connectivity index (χ3v) is 5.06. The van der Waals surface area contributed by atoms with Crippen molar-refractivity contribution in [3.05, 3.63) is 53.6 Å². The second-order valence-electron chi connectivity index (χ2n) is 5.14. The number of carboxylic acid groups (broad SMARTS) is 2. The maximum absolute atomic E-state index is 12.2. The fourth-order valence-corrected chi connectivity index (χ4v) is 3.39. The molecule has 0 heterocycles. The fourth-order valence-electron chi connectivity index (χ4n) is 2.08. The largest absolute Gasteiger partial charge is 0.481 e. The van der Waals surface area contributed by atoms with Crippen LogP contribution in [-0.2, 0) is 19.6 Å². The molecule has 0 amide bonds. The Hall–Kier alpha value is -2.42. The van der Waals surface area contributed by atoms with Crippen molar-refractivity contribution >= 4 is 33.6 Å². The van der Waals surface area contributed by atoms with Gasteiger partial charge < -0.3 is 10.2 Å². The van der Waals surface area contributed by atoms with Crippen LogP contribution in [0.1, 0.15) is 6.42 Å². The van der Waals surface area contributed by atoms with Crippen LogP contribution in [0.5, 0.6) is 0 Å². The SMILES string of the molecule is O=C(O)CC(NS(=O)(=O)c1ccc(-c2ccc(Cl)cc2)cc1)C(=O)O. The van der Waals surface area contributed by atoms with Crippen LogP contribution in [0.15, 0.2) is 53.4 Å². The van der Waals surface area contributed by atoms with Crippen molar-refractivity contribution in [2.75, 3.05) is 0 Å². The average molecular weight is 384 g/mol. The van der Waals surface area contributed by atoms with Crippen molar-refractivity contribution < 1.29 is 28.2 Å². The van der Waals surface area contributed by atoms with Gasteiger partial charge >= 0.3 is 11.9 Å². The number of carboxylic acids is 2. The van der Waals surface area contributed by atoms with Gasteiger partial charge in [0.15, 0.2) is 0 Å². The molecule has 1 atom stereocenters. The summed E-state index contributed by atoms with van der Waals surface area (Å²) in [6, 6.07) is 10.9. The number of sulfonamides is 1. The normalized spacial score (nSPS) is 12.5. The van der Waals surface area contributed by atoms with E-state index in [2.05, 4.69) is 0 Å². The summed E-state index contributed by atoms with van der Waals surface area (Å²) in [5.41, 5.74) is 1.58. The first kappa shape index (κ1) is 18.9. The summed E-state index contributed by atoms with van der Waals surface area (Å²) < 4.78 is 26.4. The Kier molecular flexibility index (Phi) is 5.78. The zero-order valence-corrected chi connectivity index (χ0v) is 14.3. The van der Waals surface area contributed by atoms with Crippen LogP contribution in [0.25, 0.3) is 11.1 Å². The van der Waals surface area contributed by atoms with E-state index < -0.39 is 34.4 Å². The van der Waals surface area contributed by atoms with E-state index in [1.165, 1.54) is 12.1 Å². The number of hydrogen-bond donors (Lipinski definition) is 3. The lowest BCUT2D eigenvalue weighted by Gasteiger charge is -2.13. The van der Waals surface area contributed by atoms with Crippen LogP contribution in [0.2, 0.25) is 5.02 Å². The first-order chi connectivity index (χ1) is 11.7. The topological polar surface area (TPSA) is 121 Å². The van der Waals surface area contributed by atoms with E-state index in [1.807, 2.05) is 4.72 Å². The molecule has 0 bridgehead atoms. The minimum absolute atomic E-state index is 0.165. The van der Waals surface area contributed by atoms with Gasteiger partial charge in [-0.05, 0) is 35.4 Å². The van der Waals surface area contributed by atoms with Crippen LogP contribution in [0.3, 0.4) is 0 Å². The zero-order valence-electron chi connectivity index (χ0n) is 12.7. The molecule has 9 heteroatoms. The summed E-state index contributed by atoms with van der Waals surface area (Å²) in [7, 11) is -4.17. The highest BCUT2D eigenvalue weighted by molar-refractivity contribution is 7.89. The van der Waals surface area contributed by atoms with E-state index in [0.717, 1.165) is 11.1 Å². The minimum Gasteiger partial charge on any atom is -0.481 e. The molecule has 1 unspecified atom stereocenters. The Balaban J connectivity index is 2.23. The lowest BCUT2D eigenvalue weighted by molar-refractivity contribution is -0.145. The van der Waals surface area contributed by atoms with Gasteiger partial charge in [-0.1, -0.05) is 35.9 Å². The molecule has 2 aromatic carbocycles. The zero-order chi connectivity index (χ0) is 18.6. The number of benzene rings is 2. The van der Waals surface area contributed by atoms with Gasteiger partial charge in [-0.3, -0.25) is 9.59 Å². The van der Waals surface area contributed by atoms with Gasteiger partial charge in [0.2, 0.25) is 10.0 Å². The number of rotatable bonds is 7. The molecule has 3 N–H and O–H groups in total. The molecule has 0 saturated heterocycles. The van der Waals surface area contributed by atoms with Crippen molar-refractivity contribution in [1.82, 2.24) is 4.72 Å². The van der Waals surface area contributed by atoms with Crippen molar-refractivity contribution in [1.29, 1.82) is 0 Å². The molecule has 0 radical (unpaired) electrons. The van der Waals surface area contributed by atoms with Gasteiger partial charge in [0.1, 0.15) is 6.04 Å².